The number of aromatic nitrogens is 4. The van der Waals surface area contributed by atoms with Gasteiger partial charge in [-0.2, -0.15) is 0 Å². The first-order valence-electron chi connectivity index (χ1n) is 11.7. The summed E-state index contributed by atoms with van der Waals surface area (Å²) < 4.78 is 26.1. The number of alkyl halides is 1. The van der Waals surface area contributed by atoms with Crippen LogP contribution in [0.15, 0.2) is 36.7 Å². The Balaban J connectivity index is 1.23. The Morgan fingerprint density at radius 3 is 2.71 bits per heavy atom. The number of aromatic hydroxyl groups is 1. The monoisotopic (exact) mass is 478 g/mol. The van der Waals surface area contributed by atoms with E-state index in [0.717, 1.165) is 24.0 Å². The van der Waals surface area contributed by atoms with Crippen molar-refractivity contribution in [1.82, 2.24) is 25.5 Å². The summed E-state index contributed by atoms with van der Waals surface area (Å²) in [5.74, 6) is 1.83. The fourth-order valence-corrected chi connectivity index (χ4v) is 5.61. The van der Waals surface area contributed by atoms with Crippen LogP contribution >= 0.6 is 0 Å². The van der Waals surface area contributed by atoms with E-state index >= 15 is 4.39 Å². The van der Waals surface area contributed by atoms with Gasteiger partial charge in [-0.25, -0.2) is 14.4 Å². The highest BCUT2D eigenvalue weighted by Gasteiger charge is 2.56. The molecule has 4 atom stereocenters. The normalized spacial score (nSPS) is 28.8. The third-order valence-corrected chi connectivity index (χ3v) is 7.60. The number of pyridine rings is 1. The first kappa shape index (κ1) is 22.0. The molecule has 0 spiro atoms. The van der Waals surface area contributed by atoms with Gasteiger partial charge >= 0.3 is 0 Å². The molecule has 0 unspecified atom stereocenters. The fourth-order valence-electron chi connectivity index (χ4n) is 5.61. The van der Waals surface area contributed by atoms with Gasteiger partial charge in [0.15, 0.2) is 17.4 Å². The SMILES string of the molecule is CN(c1cnc(-c2ccc(-c3cnc4c(c3)OCO4)cc2O)nn1)[C@@H]1C[C@@]2(C)CC[C@](C)(N2)[C@@H]1F. The Bertz CT molecular complexity index is 1290. The maximum atomic E-state index is 15.5. The largest absolute Gasteiger partial charge is 0.507 e. The van der Waals surface area contributed by atoms with E-state index in [1.165, 1.54) is 0 Å². The zero-order chi connectivity index (χ0) is 24.4. The number of nitrogens with one attached hydrogen (secondary N) is 1. The molecular formula is C25H27FN6O3. The molecule has 3 aliphatic rings. The van der Waals surface area contributed by atoms with Gasteiger partial charge in [-0.3, -0.25) is 0 Å². The number of hydrogen-bond donors (Lipinski definition) is 2. The molecule has 9 nitrogen and oxygen atoms in total. The van der Waals surface area contributed by atoms with Gasteiger partial charge in [0.2, 0.25) is 6.79 Å². The molecule has 6 rings (SSSR count). The lowest BCUT2D eigenvalue weighted by Gasteiger charge is -2.47. The van der Waals surface area contributed by atoms with E-state index < -0.39 is 11.7 Å². The summed E-state index contributed by atoms with van der Waals surface area (Å²) in [6.07, 6.45) is 4.66. The molecule has 5 heterocycles. The van der Waals surface area contributed by atoms with E-state index in [4.69, 9.17) is 9.47 Å². The van der Waals surface area contributed by atoms with Crippen molar-refractivity contribution in [2.45, 2.75) is 56.4 Å². The van der Waals surface area contributed by atoms with Crippen LogP contribution in [0.5, 0.6) is 17.4 Å². The zero-order valence-electron chi connectivity index (χ0n) is 19.8. The third-order valence-electron chi connectivity index (χ3n) is 7.60. The molecule has 2 saturated heterocycles. The summed E-state index contributed by atoms with van der Waals surface area (Å²) in [7, 11) is 1.84. The molecule has 2 N–H and O–H groups in total. The van der Waals surface area contributed by atoms with Gasteiger partial charge in [0.25, 0.3) is 5.88 Å². The highest BCUT2D eigenvalue weighted by atomic mass is 19.1. The summed E-state index contributed by atoms with van der Waals surface area (Å²) >= 11 is 0. The number of hydrogen-bond acceptors (Lipinski definition) is 9. The van der Waals surface area contributed by atoms with Crippen molar-refractivity contribution in [3.05, 3.63) is 36.7 Å². The predicted octanol–water partition coefficient (Wildman–Crippen LogP) is 3.48. The average Bonchev–Trinajstić information content (AvgIpc) is 3.43. The lowest BCUT2D eigenvalue weighted by molar-refractivity contribution is 0.0859. The van der Waals surface area contributed by atoms with Crippen molar-refractivity contribution in [3.8, 4) is 39.9 Å². The second-order valence-corrected chi connectivity index (χ2v) is 10.2. The maximum absolute atomic E-state index is 15.5. The standard InChI is InChI=1S/C25H27FN6O3/c1-24-6-7-25(2,31-24)21(26)17(10-24)32(3)20-12-27-22(30-29-20)16-5-4-14(8-18(16)33)15-9-19-23(28-11-15)35-13-34-19/h4-5,8-9,11-12,17,21,31,33H,6-7,10,13H2,1-3H3/t17-,21-,24-,25+/m1/s1. The van der Waals surface area contributed by atoms with Gasteiger partial charge in [0, 0.05) is 29.9 Å². The molecule has 2 aromatic heterocycles. The summed E-state index contributed by atoms with van der Waals surface area (Å²) in [5, 5.41) is 22.7. The molecule has 182 valence electrons. The summed E-state index contributed by atoms with van der Waals surface area (Å²) in [6, 6.07) is 6.70. The lowest BCUT2D eigenvalue weighted by Crippen LogP contribution is -2.65. The maximum Gasteiger partial charge on any atom is 0.260 e. The molecule has 3 aromatic rings. The second-order valence-electron chi connectivity index (χ2n) is 10.2. The van der Waals surface area contributed by atoms with Crippen LogP contribution in [0.3, 0.4) is 0 Å². The number of piperidine rings is 1. The molecule has 2 bridgehead atoms. The van der Waals surface area contributed by atoms with Gasteiger partial charge < -0.3 is 24.8 Å². The first-order chi connectivity index (χ1) is 16.7. The topological polar surface area (TPSA) is 106 Å². The second kappa shape index (κ2) is 7.74. The van der Waals surface area contributed by atoms with Crippen molar-refractivity contribution in [3.63, 3.8) is 0 Å². The van der Waals surface area contributed by atoms with Crippen LogP contribution in [-0.2, 0) is 0 Å². The zero-order valence-corrected chi connectivity index (χ0v) is 19.8. The molecule has 35 heavy (non-hydrogen) atoms. The van der Waals surface area contributed by atoms with Crippen LogP contribution in [0.4, 0.5) is 10.2 Å². The molecule has 1 aromatic carbocycles. The van der Waals surface area contributed by atoms with Crippen molar-refractivity contribution in [2.24, 2.45) is 0 Å². The van der Waals surface area contributed by atoms with Gasteiger partial charge in [-0.1, -0.05) is 6.07 Å². The van der Waals surface area contributed by atoms with E-state index in [1.807, 2.05) is 31.0 Å². The minimum Gasteiger partial charge on any atom is -0.507 e. The highest BCUT2D eigenvalue weighted by molar-refractivity contribution is 5.73. The predicted molar refractivity (Wildman–Crippen MR) is 127 cm³/mol. The Kier molecular flexibility index (Phi) is 4.86. The van der Waals surface area contributed by atoms with Crippen molar-refractivity contribution < 1.29 is 19.0 Å². The molecule has 0 aliphatic carbocycles. The van der Waals surface area contributed by atoms with E-state index in [1.54, 1.807) is 24.5 Å². The number of ether oxygens (including phenoxy) is 2. The Morgan fingerprint density at radius 1 is 1.09 bits per heavy atom. The van der Waals surface area contributed by atoms with Gasteiger partial charge in [0.05, 0.1) is 17.8 Å². The Hall–Kier alpha value is -3.53. The number of fused-ring (bicyclic) bond motifs is 3. The van der Waals surface area contributed by atoms with Crippen molar-refractivity contribution >= 4 is 5.82 Å². The van der Waals surface area contributed by atoms with Crippen LogP contribution < -0.4 is 19.7 Å². The fraction of sp³-hybridized carbons (Fsp3) is 0.440. The lowest BCUT2D eigenvalue weighted by atomic mass is 9.82. The average molecular weight is 479 g/mol. The third kappa shape index (κ3) is 3.63. The van der Waals surface area contributed by atoms with E-state index in [0.29, 0.717) is 29.4 Å². The molecule has 0 amide bonds. The molecular weight excluding hydrogens is 451 g/mol. The minimum absolute atomic E-state index is 0.0164. The minimum atomic E-state index is -1.04. The van der Waals surface area contributed by atoms with Gasteiger partial charge in [-0.15, -0.1) is 10.2 Å². The van der Waals surface area contributed by atoms with E-state index in [9.17, 15) is 5.11 Å². The highest BCUT2D eigenvalue weighted by Crippen LogP contribution is 2.45. The number of nitrogens with zero attached hydrogens (tertiary/aromatic N) is 5. The smallest absolute Gasteiger partial charge is 0.260 e. The molecule has 3 aliphatic heterocycles. The molecule has 0 saturated carbocycles. The number of halogens is 1. The number of phenols is 1. The van der Waals surface area contributed by atoms with Crippen molar-refractivity contribution in [1.29, 1.82) is 0 Å². The molecule has 2 fully saturated rings. The summed E-state index contributed by atoms with van der Waals surface area (Å²) in [4.78, 5) is 10.5. The van der Waals surface area contributed by atoms with E-state index in [-0.39, 0.29) is 29.9 Å². The number of anilines is 1. The number of phenolic OH excluding ortho intramolecular Hbond substituents is 1. The quantitative estimate of drug-likeness (QED) is 0.583. The Labute approximate surface area is 202 Å². The van der Waals surface area contributed by atoms with Gasteiger partial charge in [-0.05, 0) is 56.9 Å². The van der Waals surface area contributed by atoms with E-state index in [2.05, 4.69) is 32.4 Å². The first-order valence-corrected chi connectivity index (χ1v) is 11.7. The van der Waals surface area contributed by atoms with Crippen LogP contribution in [-0.4, -0.2) is 62.4 Å². The van der Waals surface area contributed by atoms with Crippen LogP contribution in [0.25, 0.3) is 22.5 Å². The number of rotatable bonds is 4. The molecule has 0 radical (unpaired) electrons. The number of benzene rings is 1. The van der Waals surface area contributed by atoms with Crippen molar-refractivity contribution in [2.75, 3.05) is 18.7 Å². The van der Waals surface area contributed by atoms with Crippen LogP contribution in [0, 0.1) is 0 Å². The van der Waals surface area contributed by atoms with Crippen LogP contribution in [0.2, 0.25) is 0 Å². The summed E-state index contributed by atoms with van der Waals surface area (Å²) in [6.45, 7) is 4.26. The Morgan fingerprint density at radius 2 is 1.94 bits per heavy atom. The summed E-state index contributed by atoms with van der Waals surface area (Å²) in [5.41, 5.74) is 1.38. The molecule has 10 heteroatoms. The van der Waals surface area contributed by atoms with Crippen LogP contribution in [0.1, 0.15) is 33.1 Å². The van der Waals surface area contributed by atoms with Gasteiger partial charge in [0.1, 0.15) is 11.9 Å².